The van der Waals surface area contributed by atoms with Gasteiger partial charge in [-0.25, -0.2) is 0 Å². The minimum atomic E-state index is 0.523. The largest absolute Gasteiger partial charge is 0.456 e. The molecule has 0 aliphatic carbocycles. The first-order valence-corrected chi connectivity index (χ1v) is 18.5. The van der Waals surface area contributed by atoms with Crippen molar-refractivity contribution < 1.29 is 8.83 Å². The quantitative estimate of drug-likeness (QED) is 0.182. The van der Waals surface area contributed by atoms with E-state index in [1.807, 2.05) is 72.8 Å². The molecule has 0 atom stereocenters. The average Bonchev–Trinajstić information content (AvgIpc) is 3.99. The third-order valence-electron chi connectivity index (χ3n) is 11.4. The lowest BCUT2D eigenvalue weighted by atomic mass is 9.97. The zero-order valence-electron chi connectivity index (χ0n) is 29.6. The van der Waals surface area contributed by atoms with Gasteiger partial charge in [0, 0.05) is 54.2 Å². The molecule has 258 valence electrons. The van der Waals surface area contributed by atoms with Crippen LogP contribution in [0.1, 0.15) is 11.1 Å². The fourth-order valence-electron chi connectivity index (χ4n) is 8.93. The minimum Gasteiger partial charge on any atom is -0.456 e. The summed E-state index contributed by atoms with van der Waals surface area (Å²) in [7, 11) is 0. The van der Waals surface area contributed by atoms with E-state index in [-0.39, 0.29) is 0 Å². The molecule has 0 saturated carbocycles. The van der Waals surface area contributed by atoms with Crippen molar-refractivity contribution in [2.45, 2.75) is 0 Å². The van der Waals surface area contributed by atoms with Crippen LogP contribution in [0.3, 0.4) is 0 Å². The Hall–Kier alpha value is -8.06. The highest BCUT2D eigenvalue weighted by Gasteiger charge is 2.23. The van der Waals surface area contributed by atoms with Crippen LogP contribution >= 0.6 is 0 Å². The summed E-state index contributed by atoms with van der Waals surface area (Å²) in [6.07, 6.45) is 0. The Morgan fingerprint density at radius 1 is 0.339 bits per heavy atom. The molecular weight excluding hydrogens is 689 g/mol. The van der Waals surface area contributed by atoms with Crippen molar-refractivity contribution in [1.29, 1.82) is 10.5 Å². The molecule has 0 fully saturated rings. The lowest BCUT2D eigenvalue weighted by Gasteiger charge is -2.19. The molecule has 0 spiro atoms. The van der Waals surface area contributed by atoms with Crippen molar-refractivity contribution in [3.05, 3.63) is 169 Å². The first kappa shape index (κ1) is 30.4. The molecule has 0 amide bonds. The molecule has 12 aromatic rings. The van der Waals surface area contributed by atoms with Crippen LogP contribution in [0.5, 0.6) is 0 Å². The maximum Gasteiger partial charge on any atom is 0.136 e. The maximum atomic E-state index is 10.3. The molecule has 8 aromatic carbocycles. The summed E-state index contributed by atoms with van der Waals surface area (Å²) in [5.41, 5.74) is 11.9. The van der Waals surface area contributed by atoms with E-state index in [1.165, 1.54) is 0 Å². The number of fused-ring (bicyclic) bond motifs is 12. The molecule has 0 saturated heterocycles. The summed E-state index contributed by atoms with van der Waals surface area (Å²) in [6.45, 7) is 0. The minimum absolute atomic E-state index is 0.523. The first-order valence-electron chi connectivity index (χ1n) is 18.5. The van der Waals surface area contributed by atoms with E-state index < -0.39 is 0 Å². The standard InChI is InChI=1S/C50H26N4O2/c51-27-29-17-19-43(53-41-13-5-1-9-31(41)37-25-49-39(23-45(37)53)33-11-3-7-15-47(33)55-49)35(21-29)36-22-30(28-52)18-20-44(36)54-42-14-6-2-10-32(42)38-26-50-40(24-46(38)54)34-12-4-8-16-48(34)56-50/h1-26H. The van der Waals surface area contributed by atoms with E-state index in [0.717, 1.165) is 110 Å². The van der Waals surface area contributed by atoms with Crippen LogP contribution in [0.15, 0.2) is 167 Å². The Labute approximate surface area is 318 Å². The fraction of sp³-hybridized carbons (Fsp3) is 0. The van der Waals surface area contributed by atoms with Crippen LogP contribution in [0, 0.1) is 22.7 Å². The number of rotatable bonds is 3. The highest BCUT2D eigenvalue weighted by atomic mass is 16.3. The first-order chi connectivity index (χ1) is 27.7. The molecule has 4 heterocycles. The van der Waals surface area contributed by atoms with Crippen molar-refractivity contribution in [3.8, 4) is 34.6 Å². The van der Waals surface area contributed by atoms with Crippen molar-refractivity contribution in [1.82, 2.24) is 9.13 Å². The second kappa shape index (κ2) is 11.2. The lowest BCUT2D eigenvalue weighted by Crippen LogP contribution is -2.02. The summed E-state index contributed by atoms with van der Waals surface area (Å²) in [5.74, 6) is 0. The van der Waals surface area contributed by atoms with Crippen LogP contribution in [-0.4, -0.2) is 9.13 Å². The fourth-order valence-corrected chi connectivity index (χ4v) is 8.93. The third kappa shape index (κ3) is 4.13. The number of para-hydroxylation sites is 4. The van der Waals surface area contributed by atoms with Gasteiger partial charge in [0.2, 0.25) is 0 Å². The van der Waals surface area contributed by atoms with E-state index in [9.17, 15) is 10.5 Å². The Morgan fingerprint density at radius 2 is 0.750 bits per heavy atom. The van der Waals surface area contributed by atoms with Gasteiger partial charge in [-0.1, -0.05) is 72.8 Å². The summed E-state index contributed by atoms with van der Waals surface area (Å²) < 4.78 is 17.3. The molecule has 6 heteroatoms. The van der Waals surface area contributed by atoms with E-state index >= 15 is 0 Å². The number of aromatic nitrogens is 2. The topological polar surface area (TPSA) is 83.7 Å². The van der Waals surface area contributed by atoms with Gasteiger partial charge in [-0.05, 0) is 84.9 Å². The number of nitriles is 2. The van der Waals surface area contributed by atoms with Gasteiger partial charge in [-0.15, -0.1) is 0 Å². The Bertz CT molecular complexity index is 3500. The van der Waals surface area contributed by atoms with Gasteiger partial charge in [-0.2, -0.15) is 10.5 Å². The lowest BCUT2D eigenvalue weighted by molar-refractivity contribution is 0.669. The van der Waals surface area contributed by atoms with Crippen LogP contribution in [-0.2, 0) is 0 Å². The molecular formula is C50H26N4O2. The van der Waals surface area contributed by atoms with Gasteiger partial charge >= 0.3 is 0 Å². The molecule has 4 aromatic heterocycles. The zero-order chi connectivity index (χ0) is 37.1. The molecule has 0 radical (unpaired) electrons. The normalized spacial score (nSPS) is 11.9. The Balaban J connectivity index is 1.21. The summed E-state index contributed by atoms with van der Waals surface area (Å²) >= 11 is 0. The van der Waals surface area contributed by atoms with E-state index in [4.69, 9.17) is 8.83 Å². The molecule has 12 rings (SSSR count). The second-order valence-corrected chi connectivity index (χ2v) is 14.3. The summed E-state index contributed by atoms with van der Waals surface area (Å²) in [4.78, 5) is 0. The highest BCUT2D eigenvalue weighted by Crippen LogP contribution is 2.44. The van der Waals surface area contributed by atoms with Crippen LogP contribution in [0.4, 0.5) is 0 Å². The van der Waals surface area contributed by atoms with Crippen molar-refractivity contribution in [2.24, 2.45) is 0 Å². The molecule has 0 aliphatic rings. The van der Waals surface area contributed by atoms with Gasteiger partial charge in [0.1, 0.15) is 22.3 Å². The zero-order valence-corrected chi connectivity index (χ0v) is 29.6. The molecule has 56 heavy (non-hydrogen) atoms. The third-order valence-corrected chi connectivity index (χ3v) is 11.4. The van der Waals surface area contributed by atoms with Crippen molar-refractivity contribution in [2.75, 3.05) is 0 Å². The molecule has 6 nitrogen and oxygen atoms in total. The SMILES string of the molecule is N#Cc1ccc(-n2c3ccccc3c3cc4oc5ccccc5c4cc32)c(-c2cc(C#N)ccc2-n2c3ccccc3c3cc4oc5ccccc5c4cc32)c1. The van der Waals surface area contributed by atoms with Crippen molar-refractivity contribution in [3.63, 3.8) is 0 Å². The number of furan rings is 2. The van der Waals surface area contributed by atoms with Gasteiger partial charge in [0.05, 0.1) is 56.7 Å². The average molecular weight is 715 g/mol. The van der Waals surface area contributed by atoms with Gasteiger partial charge < -0.3 is 18.0 Å². The van der Waals surface area contributed by atoms with Gasteiger partial charge in [-0.3, -0.25) is 0 Å². The molecule has 0 aliphatic heterocycles. The van der Waals surface area contributed by atoms with E-state index in [1.54, 1.807) is 0 Å². The second-order valence-electron chi connectivity index (χ2n) is 14.3. The van der Waals surface area contributed by atoms with Gasteiger partial charge in [0.15, 0.2) is 0 Å². The smallest absolute Gasteiger partial charge is 0.136 e. The van der Waals surface area contributed by atoms with Crippen molar-refractivity contribution >= 4 is 87.5 Å². The van der Waals surface area contributed by atoms with Crippen LogP contribution < -0.4 is 0 Å². The Morgan fingerprint density at radius 3 is 1.20 bits per heavy atom. The maximum absolute atomic E-state index is 10.3. The predicted octanol–water partition coefficient (Wildman–Crippen LogP) is 13.1. The molecule has 0 bridgehead atoms. The molecule has 0 unspecified atom stereocenters. The molecule has 0 N–H and O–H groups in total. The summed E-state index contributed by atoms with van der Waals surface area (Å²) in [6, 6.07) is 58.3. The highest BCUT2D eigenvalue weighted by molar-refractivity contribution is 6.19. The van der Waals surface area contributed by atoms with Crippen LogP contribution in [0.25, 0.3) is 110 Å². The van der Waals surface area contributed by atoms with E-state index in [2.05, 4.69) is 106 Å². The Kier molecular flexibility index (Phi) is 6.10. The number of hydrogen-bond acceptors (Lipinski definition) is 4. The predicted molar refractivity (Wildman–Crippen MR) is 225 cm³/mol. The number of nitrogens with zero attached hydrogens (tertiary/aromatic N) is 4. The van der Waals surface area contributed by atoms with Gasteiger partial charge in [0.25, 0.3) is 0 Å². The van der Waals surface area contributed by atoms with E-state index in [0.29, 0.717) is 11.1 Å². The number of benzene rings is 8. The summed E-state index contributed by atoms with van der Waals surface area (Å²) in [5, 5.41) is 29.1. The number of hydrogen-bond donors (Lipinski definition) is 0. The monoisotopic (exact) mass is 714 g/mol. The van der Waals surface area contributed by atoms with Crippen LogP contribution in [0.2, 0.25) is 0 Å².